The Morgan fingerprint density at radius 2 is 2.00 bits per heavy atom. The van der Waals surface area contributed by atoms with E-state index in [0.29, 0.717) is 11.0 Å². The lowest BCUT2D eigenvalue weighted by atomic mass is 10.1. The van der Waals surface area contributed by atoms with Crippen molar-refractivity contribution in [2.24, 2.45) is 0 Å². The highest BCUT2D eigenvalue weighted by atomic mass is 35.5. The van der Waals surface area contributed by atoms with Crippen molar-refractivity contribution in [3.8, 4) is 5.75 Å². The van der Waals surface area contributed by atoms with E-state index in [1.54, 1.807) is 25.1 Å². The lowest BCUT2D eigenvalue weighted by Gasteiger charge is -2.25. The van der Waals surface area contributed by atoms with Crippen molar-refractivity contribution in [3.05, 3.63) is 63.4 Å². The van der Waals surface area contributed by atoms with Gasteiger partial charge in [0.25, 0.3) is 10.7 Å². The second-order valence-electron chi connectivity index (χ2n) is 8.37. The number of carbonyl (C=O) groups excluding carboxylic acids is 1. The average Bonchev–Trinajstić information content (AvgIpc) is 3.06. The van der Waals surface area contributed by atoms with Crippen molar-refractivity contribution in [2.75, 3.05) is 6.61 Å². The topological polar surface area (TPSA) is 158 Å². The molecule has 37 heavy (non-hydrogen) atoms. The summed E-state index contributed by atoms with van der Waals surface area (Å²) in [4.78, 5) is 37.8. The van der Waals surface area contributed by atoms with Crippen LogP contribution in [0.5, 0.6) is 5.75 Å². The fourth-order valence-electron chi connectivity index (χ4n) is 3.27. The summed E-state index contributed by atoms with van der Waals surface area (Å²) in [6.07, 6.45) is -4.29. The predicted molar refractivity (Wildman–Crippen MR) is 130 cm³/mol. The Labute approximate surface area is 216 Å². The monoisotopic (exact) mass is 563 g/mol. The summed E-state index contributed by atoms with van der Waals surface area (Å²) in [5, 5.41) is 9.91. The third kappa shape index (κ3) is 7.07. The van der Waals surface area contributed by atoms with E-state index in [1.165, 1.54) is 19.1 Å². The van der Waals surface area contributed by atoms with Gasteiger partial charge in [0.05, 0.1) is 12.7 Å². The van der Waals surface area contributed by atoms with Gasteiger partial charge < -0.3 is 19.1 Å². The number of nitrogens with zero attached hydrogens (tertiary/aromatic N) is 1. The van der Waals surface area contributed by atoms with Crippen LogP contribution in [-0.4, -0.2) is 56.7 Å². The maximum absolute atomic E-state index is 15.2. The number of hydrogen-bond donors (Lipinski definition) is 3. The molecule has 3 rings (SSSR count). The van der Waals surface area contributed by atoms with Gasteiger partial charge >= 0.3 is 19.4 Å². The first-order valence-corrected chi connectivity index (χ1v) is 13.3. The molecule has 7 atom stereocenters. The number of alkyl halides is 2. The number of rotatable bonds is 11. The molecular weight excluding hydrogens is 536 g/mol. The lowest BCUT2D eigenvalue weighted by Crippen LogP contribution is -2.42. The molecule has 12 nitrogen and oxygen atoms in total. The van der Waals surface area contributed by atoms with Crippen molar-refractivity contribution in [3.63, 3.8) is 0 Å². The third-order valence-electron chi connectivity index (χ3n) is 5.46. The normalized spacial score (nSPS) is 26.7. The molecule has 0 amide bonds. The molecule has 2 heterocycles. The minimum Gasteiger partial charge on any atom is -0.462 e. The number of aromatic amines is 1. The highest BCUT2D eigenvalue weighted by Gasteiger charge is 2.58. The summed E-state index contributed by atoms with van der Waals surface area (Å²) in [5.74, 6) is -0.586. The van der Waals surface area contributed by atoms with Crippen LogP contribution in [0.2, 0.25) is 0 Å². The molecular formula is C22H28ClFN3O9P. The molecule has 0 radical (unpaired) electrons. The Morgan fingerprint density at radius 1 is 1.32 bits per heavy atom. The number of benzene rings is 1. The Morgan fingerprint density at radius 3 is 2.62 bits per heavy atom. The minimum atomic E-state index is -4.36. The first-order valence-electron chi connectivity index (χ1n) is 11.4. The summed E-state index contributed by atoms with van der Waals surface area (Å²) in [6, 6.07) is 7.71. The first-order chi connectivity index (χ1) is 17.4. The molecule has 1 aromatic heterocycles. The summed E-state index contributed by atoms with van der Waals surface area (Å²) >= 11 is 5.87. The largest absolute Gasteiger partial charge is 0.462 e. The number of nitrogens with one attached hydrogen (secondary N) is 2. The van der Waals surface area contributed by atoms with Crippen molar-refractivity contribution in [2.45, 2.75) is 62.9 Å². The molecule has 3 N–H and O–H groups in total. The second-order valence-corrected chi connectivity index (χ2v) is 10.6. The molecule has 1 aromatic carbocycles. The molecule has 0 aliphatic carbocycles. The zero-order valence-corrected chi connectivity index (χ0v) is 21.9. The number of hydrogen-bond acceptors (Lipinski definition) is 9. The Balaban J connectivity index is 1.79. The second kappa shape index (κ2) is 11.9. The van der Waals surface area contributed by atoms with Crippen LogP contribution in [0.25, 0.3) is 0 Å². The number of esters is 1. The van der Waals surface area contributed by atoms with Crippen LogP contribution in [0, 0.1) is 0 Å². The highest BCUT2D eigenvalue weighted by Crippen LogP contribution is 2.48. The summed E-state index contributed by atoms with van der Waals surface area (Å²) in [7, 11) is -4.36. The van der Waals surface area contributed by atoms with Crippen LogP contribution in [0.15, 0.2) is 52.2 Å². The molecule has 1 aliphatic rings. The standard InChI is InChI=1S/C22H28ClFN3O9P/c1-4-13(2)34-19(30)14(3)26-37(32,36-15-8-6-5-7-9-15)33-12-16-18(29)22(23,24)20(35-16)27-11-10-17(28)25-21(27)31/h5-11,13-14,16,18,20,29H,4,12H2,1-3H3,(H,26,32)(H,25,28,31)/t13-,14+,16-,18-,20+,22-,37?/m1/s1. The molecule has 2 aromatic rings. The molecule has 0 spiro atoms. The van der Waals surface area contributed by atoms with E-state index in [0.717, 1.165) is 12.3 Å². The molecule has 0 saturated carbocycles. The summed E-state index contributed by atoms with van der Waals surface area (Å²) < 4.78 is 51.1. The number of H-pyrrole nitrogens is 1. The maximum Gasteiger partial charge on any atom is 0.459 e. The lowest BCUT2D eigenvalue weighted by molar-refractivity contribution is -0.150. The number of aromatic nitrogens is 2. The van der Waals surface area contributed by atoms with Gasteiger partial charge in [0.2, 0.25) is 0 Å². The van der Waals surface area contributed by atoms with Crippen LogP contribution in [-0.2, 0) is 23.4 Å². The van der Waals surface area contributed by atoms with Crippen LogP contribution >= 0.6 is 19.3 Å². The van der Waals surface area contributed by atoms with Gasteiger partial charge in [0.1, 0.15) is 24.0 Å². The number of aliphatic hydroxyl groups is 1. The van der Waals surface area contributed by atoms with Crippen LogP contribution in [0.4, 0.5) is 4.39 Å². The van der Waals surface area contributed by atoms with E-state index >= 15 is 4.39 Å². The van der Waals surface area contributed by atoms with E-state index in [-0.39, 0.29) is 11.9 Å². The number of para-hydroxylation sites is 1. The smallest absolute Gasteiger partial charge is 0.459 e. The van der Waals surface area contributed by atoms with Crippen molar-refractivity contribution in [1.82, 2.24) is 14.6 Å². The van der Waals surface area contributed by atoms with E-state index in [4.69, 9.17) is 30.1 Å². The molecule has 0 bridgehead atoms. The number of carbonyl (C=O) groups is 1. The van der Waals surface area contributed by atoms with Gasteiger partial charge in [-0.1, -0.05) is 36.7 Å². The highest BCUT2D eigenvalue weighted by molar-refractivity contribution is 7.52. The minimum absolute atomic E-state index is 0.128. The predicted octanol–water partition coefficient (Wildman–Crippen LogP) is 2.22. The zero-order valence-electron chi connectivity index (χ0n) is 20.2. The van der Waals surface area contributed by atoms with Gasteiger partial charge in [-0.25, -0.2) is 13.8 Å². The number of aliphatic hydroxyl groups excluding tert-OH is 1. The molecule has 1 unspecified atom stereocenters. The van der Waals surface area contributed by atoms with Gasteiger partial charge in [-0.2, -0.15) is 5.09 Å². The summed E-state index contributed by atoms with van der Waals surface area (Å²) in [5.41, 5.74) is -1.76. The van der Waals surface area contributed by atoms with Crippen LogP contribution < -0.4 is 20.9 Å². The van der Waals surface area contributed by atoms with Gasteiger partial charge in [0, 0.05) is 12.3 Å². The SMILES string of the molecule is CC[C@@H](C)OC(=O)[C@H](C)NP(=O)(OC[C@H]1O[C@H](n2ccc(=O)[nH]c2=O)[C@@](F)(Cl)[C@@H]1O)Oc1ccccc1. The van der Waals surface area contributed by atoms with E-state index in [9.17, 15) is 24.1 Å². The van der Waals surface area contributed by atoms with Gasteiger partial charge in [-0.3, -0.25) is 23.7 Å². The van der Waals surface area contributed by atoms with Gasteiger partial charge in [-0.15, -0.1) is 0 Å². The number of halogens is 2. The van der Waals surface area contributed by atoms with Crippen molar-refractivity contribution in [1.29, 1.82) is 0 Å². The fraction of sp³-hybridized carbons (Fsp3) is 0.500. The first kappa shape index (κ1) is 29.0. The average molecular weight is 564 g/mol. The zero-order chi connectivity index (χ0) is 27.4. The molecule has 204 valence electrons. The summed E-state index contributed by atoms with van der Waals surface area (Å²) in [6.45, 7) is 4.18. The molecule has 15 heteroatoms. The van der Waals surface area contributed by atoms with E-state index < -0.39 is 61.2 Å². The Kier molecular flexibility index (Phi) is 9.32. The Bertz CT molecular complexity index is 1240. The van der Waals surface area contributed by atoms with Crippen molar-refractivity contribution >= 4 is 25.3 Å². The van der Waals surface area contributed by atoms with E-state index in [1.807, 2.05) is 11.9 Å². The molecule has 1 aliphatic heterocycles. The van der Waals surface area contributed by atoms with Crippen LogP contribution in [0.1, 0.15) is 33.4 Å². The molecule has 1 fully saturated rings. The quantitative estimate of drug-likeness (QED) is 0.210. The fourth-order valence-corrected chi connectivity index (χ4v) is 5.07. The van der Waals surface area contributed by atoms with Crippen LogP contribution in [0.3, 0.4) is 0 Å². The third-order valence-corrected chi connectivity index (χ3v) is 7.51. The van der Waals surface area contributed by atoms with Gasteiger partial charge in [0.15, 0.2) is 6.23 Å². The van der Waals surface area contributed by atoms with Gasteiger partial charge in [-0.05, 0) is 32.4 Å². The van der Waals surface area contributed by atoms with E-state index in [2.05, 4.69) is 5.09 Å². The molecule has 1 saturated heterocycles. The van der Waals surface area contributed by atoms with Crippen molar-refractivity contribution < 1.29 is 37.4 Å². The maximum atomic E-state index is 15.2. The number of ether oxygens (including phenoxy) is 2. The Hall–Kier alpha value is -2.54.